The average molecular weight is 338 g/mol. The highest BCUT2D eigenvalue weighted by Gasteiger charge is 2.25. The minimum atomic E-state index is -0.167. The smallest absolute Gasteiger partial charge is 0.257 e. The number of halogens is 1. The van der Waals surface area contributed by atoms with Gasteiger partial charge in [-0.1, -0.05) is 15.9 Å². The lowest BCUT2D eigenvalue weighted by atomic mass is 10.1. The van der Waals surface area contributed by atoms with E-state index in [0.717, 1.165) is 4.47 Å². The minimum absolute atomic E-state index is 0.0165. The second-order valence-corrected chi connectivity index (χ2v) is 5.71. The van der Waals surface area contributed by atoms with Crippen LogP contribution in [-0.4, -0.2) is 53.0 Å². The van der Waals surface area contributed by atoms with Crippen molar-refractivity contribution in [3.63, 3.8) is 0 Å². The number of phenols is 1. The standard InChI is InChI=1S/C14H16BrN3O2/c1-10(9-16)17-4-6-18(7-5-17)14(20)12-3-2-11(15)8-13(12)19/h2-3,8,10,19H,4-7H2,1H3. The zero-order valence-electron chi connectivity index (χ0n) is 11.2. The van der Waals surface area contributed by atoms with E-state index in [0.29, 0.717) is 31.7 Å². The van der Waals surface area contributed by atoms with Crippen molar-refractivity contribution in [1.82, 2.24) is 9.80 Å². The first-order chi connectivity index (χ1) is 9.52. The quantitative estimate of drug-likeness (QED) is 0.893. The van der Waals surface area contributed by atoms with Crippen LogP contribution in [0.1, 0.15) is 17.3 Å². The van der Waals surface area contributed by atoms with Crippen LogP contribution in [0, 0.1) is 11.3 Å². The minimum Gasteiger partial charge on any atom is -0.507 e. The molecule has 0 aromatic heterocycles. The van der Waals surface area contributed by atoms with Crippen molar-refractivity contribution in [1.29, 1.82) is 5.26 Å². The fourth-order valence-electron chi connectivity index (χ4n) is 2.25. The number of carbonyl (C=O) groups excluding carboxylic acids is 1. The van der Waals surface area contributed by atoms with Gasteiger partial charge in [0.25, 0.3) is 5.91 Å². The summed E-state index contributed by atoms with van der Waals surface area (Å²) in [5.41, 5.74) is 0.315. The molecular weight excluding hydrogens is 322 g/mol. The van der Waals surface area contributed by atoms with E-state index in [2.05, 4.69) is 22.0 Å². The van der Waals surface area contributed by atoms with Gasteiger partial charge >= 0.3 is 0 Å². The number of rotatable bonds is 2. The molecule has 1 amide bonds. The first kappa shape index (κ1) is 14.8. The second kappa shape index (κ2) is 6.25. The highest BCUT2D eigenvalue weighted by atomic mass is 79.9. The van der Waals surface area contributed by atoms with E-state index in [9.17, 15) is 9.90 Å². The molecule has 5 nitrogen and oxygen atoms in total. The fraction of sp³-hybridized carbons (Fsp3) is 0.429. The van der Waals surface area contributed by atoms with E-state index in [4.69, 9.17) is 5.26 Å². The number of hydrogen-bond donors (Lipinski definition) is 1. The van der Waals surface area contributed by atoms with E-state index < -0.39 is 0 Å². The molecule has 1 N–H and O–H groups in total. The number of aromatic hydroxyl groups is 1. The van der Waals surface area contributed by atoms with Crippen LogP contribution < -0.4 is 0 Å². The van der Waals surface area contributed by atoms with E-state index in [1.807, 2.05) is 11.8 Å². The predicted molar refractivity (Wildman–Crippen MR) is 78.4 cm³/mol. The van der Waals surface area contributed by atoms with Crippen LogP contribution in [0.3, 0.4) is 0 Å². The Kier molecular flexibility index (Phi) is 4.63. The third kappa shape index (κ3) is 3.11. The number of hydrogen-bond acceptors (Lipinski definition) is 4. The fourth-order valence-corrected chi connectivity index (χ4v) is 2.60. The molecule has 2 rings (SSSR count). The summed E-state index contributed by atoms with van der Waals surface area (Å²) in [5.74, 6) is -0.184. The predicted octanol–water partition coefficient (Wildman–Crippen LogP) is 1.82. The molecule has 1 aromatic rings. The highest BCUT2D eigenvalue weighted by Crippen LogP contribution is 2.24. The average Bonchev–Trinajstić information content (AvgIpc) is 2.46. The van der Waals surface area contributed by atoms with Crippen molar-refractivity contribution in [2.24, 2.45) is 0 Å². The molecule has 1 fully saturated rings. The molecule has 1 atom stereocenters. The summed E-state index contributed by atoms with van der Waals surface area (Å²) in [6, 6.07) is 6.94. The van der Waals surface area contributed by atoms with E-state index in [-0.39, 0.29) is 17.7 Å². The molecule has 20 heavy (non-hydrogen) atoms. The zero-order chi connectivity index (χ0) is 14.7. The van der Waals surface area contributed by atoms with Crippen LogP contribution in [0.15, 0.2) is 22.7 Å². The second-order valence-electron chi connectivity index (χ2n) is 4.79. The van der Waals surface area contributed by atoms with Crippen molar-refractivity contribution < 1.29 is 9.90 Å². The molecule has 106 valence electrons. The van der Waals surface area contributed by atoms with Gasteiger partial charge in [0.2, 0.25) is 0 Å². The highest BCUT2D eigenvalue weighted by molar-refractivity contribution is 9.10. The van der Waals surface area contributed by atoms with Gasteiger partial charge < -0.3 is 10.0 Å². The van der Waals surface area contributed by atoms with Crippen LogP contribution >= 0.6 is 15.9 Å². The summed E-state index contributed by atoms with van der Waals surface area (Å²) in [7, 11) is 0. The van der Waals surface area contributed by atoms with Gasteiger partial charge in [0.15, 0.2) is 0 Å². The monoisotopic (exact) mass is 337 g/mol. The Hall–Kier alpha value is -1.58. The van der Waals surface area contributed by atoms with Gasteiger partial charge in [0.1, 0.15) is 5.75 Å². The van der Waals surface area contributed by atoms with Crippen LogP contribution in [0.4, 0.5) is 0 Å². The first-order valence-electron chi connectivity index (χ1n) is 6.44. The maximum Gasteiger partial charge on any atom is 0.257 e. The summed E-state index contributed by atoms with van der Waals surface area (Å²) in [5, 5.41) is 18.7. The normalized spacial score (nSPS) is 17.6. The van der Waals surface area contributed by atoms with Gasteiger partial charge in [-0.05, 0) is 25.1 Å². The number of carbonyl (C=O) groups is 1. The Morgan fingerprint density at radius 2 is 2.05 bits per heavy atom. The van der Waals surface area contributed by atoms with E-state index in [1.54, 1.807) is 17.0 Å². The number of phenolic OH excluding ortho intramolecular Hbond substituents is 1. The molecule has 0 bridgehead atoms. The zero-order valence-corrected chi connectivity index (χ0v) is 12.8. The SMILES string of the molecule is CC(C#N)N1CCN(C(=O)c2ccc(Br)cc2O)CC1. The maximum atomic E-state index is 12.3. The van der Waals surface area contributed by atoms with Crippen molar-refractivity contribution in [3.05, 3.63) is 28.2 Å². The lowest BCUT2D eigenvalue weighted by Crippen LogP contribution is -2.51. The van der Waals surface area contributed by atoms with Crippen molar-refractivity contribution in [3.8, 4) is 11.8 Å². The van der Waals surface area contributed by atoms with Crippen molar-refractivity contribution in [2.45, 2.75) is 13.0 Å². The summed E-state index contributed by atoms with van der Waals surface area (Å²) < 4.78 is 0.735. The third-order valence-electron chi connectivity index (χ3n) is 3.53. The molecule has 1 saturated heterocycles. The van der Waals surface area contributed by atoms with Crippen LogP contribution in [0.25, 0.3) is 0 Å². The molecule has 0 radical (unpaired) electrons. The van der Waals surface area contributed by atoms with Gasteiger partial charge in [-0.25, -0.2) is 0 Å². The molecular formula is C14H16BrN3O2. The third-order valence-corrected chi connectivity index (χ3v) is 4.02. The van der Waals surface area contributed by atoms with Crippen LogP contribution in [-0.2, 0) is 0 Å². The van der Waals surface area contributed by atoms with Gasteiger partial charge in [-0.2, -0.15) is 5.26 Å². The van der Waals surface area contributed by atoms with Crippen LogP contribution in [0.2, 0.25) is 0 Å². The molecule has 0 spiro atoms. The number of benzene rings is 1. The number of nitrogens with zero attached hydrogens (tertiary/aromatic N) is 3. The summed E-state index contributed by atoms with van der Waals surface area (Å²) in [4.78, 5) is 16.1. The number of nitriles is 1. The molecule has 1 aliphatic heterocycles. The van der Waals surface area contributed by atoms with Gasteiger partial charge in [0, 0.05) is 30.7 Å². The summed E-state index contributed by atoms with van der Waals surface area (Å²) >= 11 is 3.25. The Bertz CT molecular complexity index is 548. The Morgan fingerprint density at radius 3 is 2.60 bits per heavy atom. The lowest BCUT2D eigenvalue weighted by Gasteiger charge is -2.36. The number of piperazine rings is 1. The molecule has 1 aromatic carbocycles. The first-order valence-corrected chi connectivity index (χ1v) is 7.23. The van der Waals surface area contributed by atoms with E-state index >= 15 is 0 Å². The van der Waals surface area contributed by atoms with E-state index in [1.165, 1.54) is 6.07 Å². The Balaban J connectivity index is 2.04. The molecule has 1 aliphatic rings. The van der Waals surface area contributed by atoms with Gasteiger partial charge in [0.05, 0.1) is 17.7 Å². The molecule has 1 unspecified atom stereocenters. The van der Waals surface area contributed by atoms with Crippen LogP contribution in [0.5, 0.6) is 5.75 Å². The Labute approximate surface area is 126 Å². The summed E-state index contributed by atoms with van der Waals surface area (Å²) in [6.07, 6.45) is 0. The van der Waals surface area contributed by atoms with Gasteiger partial charge in [-0.15, -0.1) is 0 Å². The maximum absolute atomic E-state index is 12.3. The van der Waals surface area contributed by atoms with Gasteiger partial charge in [-0.3, -0.25) is 9.69 Å². The molecule has 0 saturated carbocycles. The molecule has 0 aliphatic carbocycles. The molecule has 1 heterocycles. The van der Waals surface area contributed by atoms with Crippen molar-refractivity contribution >= 4 is 21.8 Å². The Morgan fingerprint density at radius 1 is 1.40 bits per heavy atom. The number of amides is 1. The topological polar surface area (TPSA) is 67.6 Å². The summed E-state index contributed by atoms with van der Waals surface area (Å²) in [6.45, 7) is 4.36. The lowest BCUT2D eigenvalue weighted by molar-refractivity contribution is 0.0613. The largest absolute Gasteiger partial charge is 0.507 e. The van der Waals surface area contributed by atoms with Crippen molar-refractivity contribution in [2.75, 3.05) is 26.2 Å². The molecule has 6 heteroatoms.